The van der Waals surface area contributed by atoms with Crippen LogP contribution in [0.2, 0.25) is 5.02 Å². The number of piperazine rings is 1. The fourth-order valence-electron chi connectivity index (χ4n) is 4.85. The summed E-state index contributed by atoms with van der Waals surface area (Å²) in [6, 6.07) is 5.02. The lowest BCUT2D eigenvalue weighted by Crippen LogP contribution is -2.57. The summed E-state index contributed by atoms with van der Waals surface area (Å²) in [7, 11) is 0. The third kappa shape index (κ3) is 5.10. The lowest BCUT2D eigenvalue weighted by Gasteiger charge is -2.38. The second-order valence-corrected chi connectivity index (χ2v) is 12.1. The first kappa shape index (κ1) is 25.8. The van der Waals surface area contributed by atoms with Crippen molar-refractivity contribution in [2.24, 2.45) is 5.92 Å². The molecule has 1 saturated carbocycles. The average Bonchev–Trinajstić information content (AvgIpc) is 3.61. The monoisotopic (exact) mass is 568 g/mol. The zero-order valence-electron chi connectivity index (χ0n) is 21.9. The molecule has 11 nitrogen and oxygen atoms in total. The van der Waals surface area contributed by atoms with E-state index in [0.29, 0.717) is 59.3 Å². The van der Waals surface area contributed by atoms with E-state index < -0.39 is 5.60 Å². The summed E-state index contributed by atoms with van der Waals surface area (Å²) in [5.74, 6) is 1.47. The standard InChI is InChI=1S/C26H29ClN8O3S/c1-26(2,3)38-25(37)33-9-11-34(12-10-33)35-22(31-17-6-4-5-16(27)18(17)24(35)36)19(15-7-8-15)32-21-20-23(29-13-28-21)39-14-30-20/h4-6,13-15,19H,7-12H2,1-3H3,(H,28,29,32). The Labute approximate surface area is 233 Å². The fourth-order valence-corrected chi connectivity index (χ4v) is 5.73. The molecule has 4 aromatic rings. The minimum absolute atomic E-state index is 0.236. The maximum Gasteiger partial charge on any atom is 0.410 e. The molecule has 39 heavy (non-hydrogen) atoms. The molecule has 204 valence electrons. The van der Waals surface area contributed by atoms with Crippen molar-refractivity contribution < 1.29 is 9.53 Å². The molecule has 1 aliphatic carbocycles. The first-order valence-corrected chi connectivity index (χ1v) is 14.2. The molecule has 4 heterocycles. The molecule has 1 atom stereocenters. The number of hydrogen-bond donors (Lipinski definition) is 1. The van der Waals surface area contributed by atoms with E-state index in [0.717, 1.165) is 17.7 Å². The zero-order valence-corrected chi connectivity index (χ0v) is 23.5. The number of ether oxygens (including phenoxy) is 1. The highest BCUT2D eigenvalue weighted by Gasteiger charge is 2.38. The van der Waals surface area contributed by atoms with Gasteiger partial charge in [0.2, 0.25) is 0 Å². The molecular weight excluding hydrogens is 540 g/mol. The summed E-state index contributed by atoms with van der Waals surface area (Å²) < 4.78 is 7.20. The third-order valence-corrected chi connectivity index (χ3v) is 7.89. The molecule has 13 heteroatoms. The van der Waals surface area contributed by atoms with Gasteiger partial charge in [-0.05, 0) is 51.7 Å². The lowest BCUT2D eigenvalue weighted by atomic mass is 10.1. The van der Waals surface area contributed by atoms with Gasteiger partial charge in [-0.1, -0.05) is 17.7 Å². The first-order valence-electron chi connectivity index (χ1n) is 12.9. The van der Waals surface area contributed by atoms with Gasteiger partial charge < -0.3 is 20.0 Å². The van der Waals surface area contributed by atoms with Crippen LogP contribution >= 0.6 is 22.9 Å². The highest BCUT2D eigenvalue weighted by atomic mass is 35.5. The van der Waals surface area contributed by atoms with Gasteiger partial charge in [0.15, 0.2) is 11.6 Å². The molecule has 1 unspecified atom stereocenters. The number of thiazole rings is 1. The number of fused-ring (bicyclic) bond motifs is 2. The minimum atomic E-state index is -0.579. The van der Waals surface area contributed by atoms with Crippen LogP contribution in [-0.2, 0) is 4.74 Å². The summed E-state index contributed by atoms with van der Waals surface area (Å²) in [6.07, 6.45) is 3.16. The molecule has 0 radical (unpaired) electrons. The van der Waals surface area contributed by atoms with Crippen molar-refractivity contribution in [1.29, 1.82) is 0 Å². The van der Waals surface area contributed by atoms with E-state index in [1.54, 1.807) is 27.2 Å². The SMILES string of the molecule is CC(C)(C)OC(=O)N1CCN(n2c(C(Nc3ncnc4scnc34)C3CC3)nc3cccc(Cl)c3c2=O)CC1. The van der Waals surface area contributed by atoms with E-state index in [2.05, 4.69) is 20.3 Å². The number of aromatic nitrogens is 5. The van der Waals surface area contributed by atoms with E-state index >= 15 is 0 Å². The van der Waals surface area contributed by atoms with E-state index in [-0.39, 0.29) is 23.6 Å². The van der Waals surface area contributed by atoms with Crippen LogP contribution in [0.4, 0.5) is 10.6 Å². The van der Waals surface area contributed by atoms with Crippen molar-refractivity contribution in [3.05, 3.63) is 51.2 Å². The molecule has 2 aliphatic rings. The van der Waals surface area contributed by atoms with Crippen LogP contribution in [0.3, 0.4) is 0 Å². The molecule has 2 fully saturated rings. The Morgan fingerprint density at radius 3 is 2.64 bits per heavy atom. The van der Waals surface area contributed by atoms with E-state index in [9.17, 15) is 9.59 Å². The molecule has 1 saturated heterocycles. The largest absolute Gasteiger partial charge is 0.444 e. The maximum atomic E-state index is 14.1. The summed E-state index contributed by atoms with van der Waals surface area (Å²) in [6.45, 7) is 7.23. The molecule has 3 aromatic heterocycles. The number of hydrogen-bond acceptors (Lipinski definition) is 10. The number of nitrogens with zero attached hydrogens (tertiary/aromatic N) is 7. The average molecular weight is 569 g/mol. The highest BCUT2D eigenvalue weighted by molar-refractivity contribution is 7.16. The molecule has 1 N–H and O–H groups in total. The van der Waals surface area contributed by atoms with Gasteiger partial charge in [-0.2, -0.15) is 0 Å². The van der Waals surface area contributed by atoms with E-state index in [4.69, 9.17) is 21.3 Å². The number of carbonyl (C=O) groups excluding carboxylic acids is 1. The second-order valence-electron chi connectivity index (χ2n) is 10.8. The summed E-state index contributed by atoms with van der Waals surface area (Å²) in [5.41, 5.74) is 2.16. The minimum Gasteiger partial charge on any atom is -0.444 e. The van der Waals surface area contributed by atoms with Crippen LogP contribution in [0, 0.1) is 5.92 Å². The zero-order chi connectivity index (χ0) is 27.3. The molecule has 0 bridgehead atoms. The van der Waals surface area contributed by atoms with Crippen LogP contribution in [0.5, 0.6) is 0 Å². The Balaban J connectivity index is 1.40. The number of anilines is 1. The first-order chi connectivity index (χ1) is 18.7. The van der Waals surface area contributed by atoms with Gasteiger partial charge in [-0.25, -0.2) is 29.4 Å². The van der Waals surface area contributed by atoms with Crippen molar-refractivity contribution >= 4 is 56.1 Å². The Morgan fingerprint density at radius 2 is 1.92 bits per heavy atom. The normalized spacial score (nSPS) is 17.0. The quantitative estimate of drug-likeness (QED) is 0.378. The van der Waals surface area contributed by atoms with Crippen LogP contribution in [0.25, 0.3) is 21.3 Å². The molecular formula is C26H29ClN8O3S. The molecule has 1 aliphatic heterocycles. The number of benzene rings is 1. The van der Waals surface area contributed by atoms with Gasteiger partial charge in [-0.3, -0.25) is 4.79 Å². The fraction of sp³-hybridized carbons (Fsp3) is 0.462. The predicted octanol–water partition coefficient (Wildman–Crippen LogP) is 4.20. The smallest absolute Gasteiger partial charge is 0.410 e. The molecule has 0 spiro atoms. The number of halogens is 1. The molecule has 1 amide bonds. The van der Waals surface area contributed by atoms with Crippen LogP contribution in [0.15, 0.2) is 34.8 Å². The van der Waals surface area contributed by atoms with Crippen LogP contribution in [0.1, 0.15) is 45.5 Å². The van der Waals surface area contributed by atoms with Gasteiger partial charge in [0.25, 0.3) is 5.56 Å². The summed E-state index contributed by atoms with van der Waals surface area (Å²) >= 11 is 7.96. The topological polar surface area (TPSA) is 118 Å². The predicted molar refractivity (Wildman–Crippen MR) is 151 cm³/mol. The second kappa shape index (κ2) is 9.91. The Morgan fingerprint density at radius 1 is 1.15 bits per heavy atom. The van der Waals surface area contributed by atoms with Crippen molar-refractivity contribution in [1.82, 2.24) is 29.5 Å². The van der Waals surface area contributed by atoms with Crippen molar-refractivity contribution in [2.75, 3.05) is 36.5 Å². The Kier molecular flexibility index (Phi) is 6.54. The van der Waals surface area contributed by atoms with Gasteiger partial charge >= 0.3 is 6.09 Å². The van der Waals surface area contributed by atoms with E-state index in [1.165, 1.54) is 17.7 Å². The number of nitrogens with one attached hydrogen (secondary N) is 1. The van der Waals surface area contributed by atoms with Crippen molar-refractivity contribution in [3.8, 4) is 0 Å². The molecule has 1 aromatic carbocycles. The van der Waals surface area contributed by atoms with Gasteiger partial charge in [0, 0.05) is 13.1 Å². The van der Waals surface area contributed by atoms with Crippen molar-refractivity contribution in [3.63, 3.8) is 0 Å². The number of amides is 1. The Hall–Kier alpha value is -3.51. The van der Waals surface area contributed by atoms with Crippen LogP contribution < -0.4 is 15.9 Å². The lowest BCUT2D eigenvalue weighted by molar-refractivity contribution is 0.0231. The number of carbonyl (C=O) groups is 1. The van der Waals surface area contributed by atoms with Crippen molar-refractivity contribution in [2.45, 2.75) is 45.3 Å². The Bertz CT molecular complexity index is 1600. The van der Waals surface area contributed by atoms with Gasteiger partial charge in [-0.15, -0.1) is 11.3 Å². The number of rotatable bonds is 5. The van der Waals surface area contributed by atoms with Gasteiger partial charge in [0.1, 0.15) is 22.3 Å². The third-order valence-electron chi connectivity index (χ3n) is 6.84. The summed E-state index contributed by atoms with van der Waals surface area (Å²) in [4.78, 5) is 47.4. The summed E-state index contributed by atoms with van der Waals surface area (Å²) in [5, 5.41) is 6.23. The highest BCUT2D eigenvalue weighted by Crippen LogP contribution is 2.43. The van der Waals surface area contributed by atoms with Crippen LogP contribution in [-0.4, -0.2) is 67.4 Å². The maximum absolute atomic E-state index is 14.1. The molecule has 6 rings (SSSR count). The van der Waals surface area contributed by atoms with E-state index in [1.807, 2.05) is 31.8 Å². The van der Waals surface area contributed by atoms with Gasteiger partial charge in [0.05, 0.1) is 40.6 Å².